The van der Waals surface area contributed by atoms with Crippen LogP contribution in [0.25, 0.3) is 11.5 Å². The third-order valence-corrected chi connectivity index (χ3v) is 6.61. The summed E-state index contributed by atoms with van der Waals surface area (Å²) in [6, 6.07) is 15.4. The fraction of sp³-hybridized carbons (Fsp3) is 0.360. The zero-order chi connectivity index (χ0) is 21.6. The molecule has 160 valence electrons. The summed E-state index contributed by atoms with van der Waals surface area (Å²) in [5.74, 6) is 0.386. The lowest BCUT2D eigenvalue weighted by molar-refractivity contribution is -0.127. The number of hydrogen-bond acceptors (Lipinski definition) is 3. The number of furan rings is 1. The number of benzene rings is 1. The average molecular weight is 418 g/mol. The Morgan fingerprint density at radius 2 is 1.77 bits per heavy atom. The van der Waals surface area contributed by atoms with E-state index in [4.69, 9.17) is 4.42 Å². The minimum Gasteiger partial charge on any atom is -0.463 e. The molecule has 6 nitrogen and oxygen atoms in total. The fourth-order valence-corrected chi connectivity index (χ4v) is 4.86. The number of nitrogens with one attached hydrogen (secondary N) is 1. The van der Waals surface area contributed by atoms with Gasteiger partial charge in [-0.25, -0.2) is 0 Å². The van der Waals surface area contributed by atoms with E-state index < -0.39 is 5.54 Å². The van der Waals surface area contributed by atoms with E-state index in [1.807, 2.05) is 66.9 Å². The molecule has 0 bridgehead atoms. The van der Waals surface area contributed by atoms with Crippen molar-refractivity contribution in [3.8, 4) is 11.5 Å². The Kier molecular flexibility index (Phi) is 4.73. The van der Waals surface area contributed by atoms with E-state index in [9.17, 15) is 9.59 Å². The highest BCUT2D eigenvalue weighted by Gasteiger charge is 2.49. The number of rotatable bonds is 4. The second-order valence-corrected chi connectivity index (χ2v) is 8.87. The molecule has 1 N–H and O–H groups in total. The number of fused-ring (bicyclic) bond motifs is 1. The highest BCUT2D eigenvalue weighted by molar-refractivity contribution is 6.12. The van der Waals surface area contributed by atoms with E-state index in [0.29, 0.717) is 18.0 Å². The fourth-order valence-electron chi connectivity index (χ4n) is 4.86. The molecule has 2 aromatic heterocycles. The third-order valence-electron chi connectivity index (χ3n) is 6.61. The van der Waals surface area contributed by atoms with Gasteiger partial charge < -0.3 is 14.3 Å². The summed E-state index contributed by atoms with van der Waals surface area (Å²) in [7, 11) is 0. The summed E-state index contributed by atoms with van der Waals surface area (Å²) in [5, 5.41) is 3.23. The molecule has 6 heteroatoms. The second kappa shape index (κ2) is 7.45. The maximum atomic E-state index is 13.7. The van der Waals surface area contributed by atoms with Gasteiger partial charge in [0.15, 0.2) is 0 Å². The van der Waals surface area contributed by atoms with Gasteiger partial charge in [-0.1, -0.05) is 30.5 Å². The van der Waals surface area contributed by atoms with Gasteiger partial charge in [0.1, 0.15) is 17.0 Å². The molecular formula is C25H27N3O3. The standard InChI is InChI=1S/C25H27N3O3/c1-17-9-11-19(12-10-17)28-23(29)21-14-13-20(22-8-5-15-31-22)27(21)16-25(28,2)24(30)26-18-6-3-4-7-18/h5,8-15,18H,3-4,6-7,16H2,1-2H3,(H,26,30). The van der Waals surface area contributed by atoms with Gasteiger partial charge >= 0.3 is 0 Å². The van der Waals surface area contributed by atoms with Gasteiger partial charge in [0.25, 0.3) is 5.91 Å². The molecule has 5 rings (SSSR count). The molecule has 0 spiro atoms. The van der Waals surface area contributed by atoms with Crippen molar-refractivity contribution >= 4 is 17.5 Å². The molecule has 3 heterocycles. The Morgan fingerprint density at radius 3 is 2.45 bits per heavy atom. The number of aromatic nitrogens is 1. The van der Waals surface area contributed by atoms with Crippen molar-refractivity contribution < 1.29 is 14.0 Å². The van der Waals surface area contributed by atoms with Gasteiger partial charge in [0.2, 0.25) is 5.91 Å². The molecular weight excluding hydrogens is 390 g/mol. The van der Waals surface area contributed by atoms with E-state index in [0.717, 1.165) is 42.6 Å². The molecule has 2 amide bonds. The summed E-state index contributed by atoms with van der Waals surface area (Å²) in [6.45, 7) is 4.22. The van der Waals surface area contributed by atoms with Crippen LogP contribution in [0.2, 0.25) is 0 Å². The Labute approximate surface area is 181 Å². The molecule has 1 fully saturated rings. The summed E-state index contributed by atoms with van der Waals surface area (Å²) in [4.78, 5) is 29.1. The van der Waals surface area contributed by atoms with Gasteiger partial charge in [-0.15, -0.1) is 0 Å². The van der Waals surface area contributed by atoms with Gasteiger partial charge in [0.05, 0.1) is 18.5 Å². The molecule has 1 saturated carbocycles. The first-order chi connectivity index (χ1) is 15.0. The molecule has 31 heavy (non-hydrogen) atoms. The summed E-state index contributed by atoms with van der Waals surface area (Å²) in [6.07, 6.45) is 5.86. The van der Waals surface area contributed by atoms with Crippen LogP contribution in [0.1, 0.15) is 48.7 Å². The number of amides is 2. The number of aryl methyl sites for hydroxylation is 1. The van der Waals surface area contributed by atoms with Crippen LogP contribution in [0, 0.1) is 6.92 Å². The first-order valence-electron chi connectivity index (χ1n) is 10.9. The van der Waals surface area contributed by atoms with E-state index in [1.165, 1.54) is 0 Å². The predicted molar refractivity (Wildman–Crippen MR) is 119 cm³/mol. The molecule has 1 aliphatic carbocycles. The van der Waals surface area contributed by atoms with Crippen LogP contribution in [0.15, 0.2) is 59.2 Å². The van der Waals surface area contributed by atoms with Gasteiger partial charge in [-0.2, -0.15) is 0 Å². The first kappa shape index (κ1) is 19.7. The molecule has 0 radical (unpaired) electrons. The Bertz CT molecular complexity index is 1110. The van der Waals surface area contributed by atoms with Crippen molar-refractivity contribution in [2.75, 3.05) is 4.90 Å². The lowest BCUT2D eigenvalue weighted by atomic mass is 9.93. The monoisotopic (exact) mass is 417 g/mol. The van der Waals surface area contributed by atoms with Crippen LogP contribution in [-0.4, -0.2) is 28.0 Å². The minimum atomic E-state index is -1.07. The van der Waals surface area contributed by atoms with Crippen LogP contribution >= 0.6 is 0 Å². The first-order valence-corrected chi connectivity index (χ1v) is 10.9. The van der Waals surface area contributed by atoms with E-state index in [-0.39, 0.29) is 17.9 Å². The lowest BCUT2D eigenvalue weighted by Crippen LogP contribution is -2.65. The second-order valence-electron chi connectivity index (χ2n) is 8.87. The molecule has 1 unspecified atom stereocenters. The molecule has 3 aromatic rings. The van der Waals surface area contributed by atoms with Crippen LogP contribution in [0.4, 0.5) is 5.69 Å². The Balaban J connectivity index is 1.60. The van der Waals surface area contributed by atoms with Gasteiger partial charge in [-0.05, 0) is 63.1 Å². The summed E-state index contributed by atoms with van der Waals surface area (Å²) >= 11 is 0. The number of carbonyl (C=O) groups excluding carboxylic acids is 2. The van der Waals surface area contributed by atoms with Gasteiger partial charge in [-0.3, -0.25) is 14.5 Å². The zero-order valence-corrected chi connectivity index (χ0v) is 17.9. The molecule has 0 saturated heterocycles. The van der Waals surface area contributed by atoms with Crippen molar-refractivity contribution in [1.82, 2.24) is 9.88 Å². The van der Waals surface area contributed by atoms with Crippen molar-refractivity contribution in [2.24, 2.45) is 0 Å². The van der Waals surface area contributed by atoms with Crippen molar-refractivity contribution in [3.05, 3.63) is 66.1 Å². The number of nitrogens with zero attached hydrogens (tertiary/aromatic N) is 2. The highest BCUT2D eigenvalue weighted by Crippen LogP contribution is 2.37. The maximum absolute atomic E-state index is 13.7. The van der Waals surface area contributed by atoms with Crippen LogP contribution in [0.5, 0.6) is 0 Å². The van der Waals surface area contributed by atoms with Crippen LogP contribution < -0.4 is 10.2 Å². The number of hydrogen-bond donors (Lipinski definition) is 1. The van der Waals surface area contributed by atoms with Crippen molar-refractivity contribution in [3.63, 3.8) is 0 Å². The van der Waals surface area contributed by atoms with Crippen molar-refractivity contribution in [2.45, 2.75) is 57.7 Å². The SMILES string of the molecule is Cc1ccc(N2C(=O)c3ccc(-c4ccco4)n3CC2(C)C(=O)NC2CCCC2)cc1. The number of carbonyl (C=O) groups is 2. The molecule has 1 atom stereocenters. The maximum Gasteiger partial charge on any atom is 0.275 e. The minimum absolute atomic E-state index is 0.113. The lowest BCUT2D eigenvalue weighted by Gasteiger charge is -2.44. The third kappa shape index (κ3) is 3.26. The van der Waals surface area contributed by atoms with E-state index in [2.05, 4.69) is 5.32 Å². The van der Waals surface area contributed by atoms with E-state index >= 15 is 0 Å². The highest BCUT2D eigenvalue weighted by atomic mass is 16.3. The van der Waals surface area contributed by atoms with Crippen LogP contribution in [0.3, 0.4) is 0 Å². The average Bonchev–Trinajstić information content (AvgIpc) is 3.50. The molecule has 1 aliphatic heterocycles. The topological polar surface area (TPSA) is 67.5 Å². The number of anilines is 1. The summed E-state index contributed by atoms with van der Waals surface area (Å²) < 4.78 is 7.51. The van der Waals surface area contributed by atoms with Crippen molar-refractivity contribution in [1.29, 1.82) is 0 Å². The zero-order valence-electron chi connectivity index (χ0n) is 17.9. The summed E-state index contributed by atoms with van der Waals surface area (Å²) in [5.41, 5.74) is 2.12. The van der Waals surface area contributed by atoms with Crippen LogP contribution in [-0.2, 0) is 11.3 Å². The normalized spacial score (nSPS) is 21.4. The Morgan fingerprint density at radius 1 is 1.06 bits per heavy atom. The predicted octanol–water partition coefficient (Wildman–Crippen LogP) is 4.53. The molecule has 2 aliphatic rings. The van der Waals surface area contributed by atoms with E-state index in [1.54, 1.807) is 11.2 Å². The quantitative estimate of drug-likeness (QED) is 0.678. The van der Waals surface area contributed by atoms with Gasteiger partial charge in [0, 0.05) is 11.7 Å². The smallest absolute Gasteiger partial charge is 0.275 e. The largest absolute Gasteiger partial charge is 0.463 e. The Hall–Kier alpha value is -3.28. The molecule has 1 aromatic carbocycles.